The Hall–Kier alpha value is -1.97. The zero-order chi connectivity index (χ0) is 20.1. The highest BCUT2D eigenvalue weighted by Gasteiger charge is 2.39. The van der Waals surface area contributed by atoms with Gasteiger partial charge in [0.1, 0.15) is 0 Å². The number of benzene rings is 2. The number of amides is 1. The molecule has 28 heavy (non-hydrogen) atoms. The summed E-state index contributed by atoms with van der Waals surface area (Å²) in [5.41, 5.74) is 3.65. The summed E-state index contributed by atoms with van der Waals surface area (Å²) in [5.74, 6) is 0.539. The normalized spacial score (nSPS) is 23.0. The van der Waals surface area contributed by atoms with E-state index in [1.54, 1.807) is 0 Å². The third kappa shape index (κ3) is 3.54. The van der Waals surface area contributed by atoms with E-state index in [0.29, 0.717) is 21.5 Å². The lowest BCUT2D eigenvalue weighted by Crippen LogP contribution is -2.40. The number of halogens is 2. The van der Waals surface area contributed by atoms with Crippen molar-refractivity contribution in [2.24, 2.45) is 5.92 Å². The van der Waals surface area contributed by atoms with E-state index >= 15 is 0 Å². The van der Waals surface area contributed by atoms with Gasteiger partial charge in [-0.25, -0.2) is 0 Å². The Morgan fingerprint density at radius 2 is 1.93 bits per heavy atom. The molecule has 0 fully saturated rings. The molecule has 0 radical (unpaired) electrons. The molecule has 146 valence electrons. The Labute approximate surface area is 176 Å². The Kier molecular flexibility index (Phi) is 4.93. The van der Waals surface area contributed by atoms with Crippen LogP contribution in [0.1, 0.15) is 60.6 Å². The molecule has 2 aromatic carbocycles. The maximum absolute atomic E-state index is 12.6. The second kappa shape index (κ2) is 7.13. The van der Waals surface area contributed by atoms with E-state index in [2.05, 4.69) is 22.8 Å². The standard InChI is InChI=1S/C23H24Cl2N2O/c1-23(2,3)27-22(28)13-10-11-19-17(12-13)14-6-4-7-15(14)21(26-19)16-8-5-9-18(24)20(16)25/h4-6,8-12,14-15,21,26H,7H2,1-3H3,(H,27,28). The van der Waals surface area contributed by atoms with Crippen LogP contribution in [0.15, 0.2) is 48.6 Å². The van der Waals surface area contributed by atoms with Crippen molar-refractivity contribution in [2.75, 3.05) is 5.32 Å². The summed E-state index contributed by atoms with van der Waals surface area (Å²) >= 11 is 12.8. The molecule has 1 aliphatic heterocycles. The van der Waals surface area contributed by atoms with E-state index in [4.69, 9.17) is 23.2 Å². The summed E-state index contributed by atoms with van der Waals surface area (Å²) in [6.07, 6.45) is 5.43. The second-order valence-electron chi connectivity index (χ2n) is 8.62. The predicted octanol–water partition coefficient (Wildman–Crippen LogP) is 6.35. The Morgan fingerprint density at radius 3 is 2.68 bits per heavy atom. The lowest BCUT2D eigenvalue weighted by atomic mass is 9.76. The van der Waals surface area contributed by atoms with Crippen LogP contribution in [0.3, 0.4) is 0 Å². The monoisotopic (exact) mass is 414 g/mol. The van der Waals surface area contributed by atoms with Crippen molar-refractivity contribution in [3.63, 3.8) is 0 Å². The SMILES string of the molecule is CC(C)(C)NC(=O)c1ccc2c(c1)C1C=CCC1C(c1cccc(Cl)c1Cl)N2. The first-order valence-corrected chi connectivity index (χ1v) is 10.3. The summed E-state index contributed by atoms with van der Waals surface area (Å²) in [5, 5.41) is 7.87. The summed E-state index contributed by atoms with van der Waals surface area (Å²) in [4.78, 5) is 12.6. The zero-order valence-electron chi connectivity index (χ0n) is 16.2. The van der Waals surface area contributed by atoms with Crippen LogP contribution in [-0.4, -0.2) is 11.4 Å². The van der Waals surface area contributed by atoms with Gasteiger partial charge in [-0.1, -0.05) is 47.5 Å². The summed E-state index contributed by atoms with van der Waals surface area (Å²) < 4.78 is 0. The minimum Gasteiger partial charge on any atom is -0.378 e. The number of rotatable bonds is 2. The average Bonchev–Trinajstić information content (AvgIpc) is 3.12. The molecule has 0 aromatic heterocycles. The van der Waals surface area contributed by atoms with E-state index in [9.17, 15) is 4.79 Å². The number of carbonyl (C=O) groups is 1. The lowest BCUT2D eigenvalue weighted by molar-refractivity contribution is 0.0919. The molecule has 0 saturated carbocycles. The molecule has 1 heterocycles. The van der Waals surface area contributed by atoms with Gasteiger partial charge in [-0.2, -0.15) is 0 Å². The van der Waals surface area contributed by atoms with E-state index in [1.165, 1.54) is 0 Å². The van der Waals surface area contributed by atoms with Gasteiger partial charge in [-0.05, 0) is 68.5 Å². The zero-order valence-corrected chi connectivity index (χ0v) is 17.7. The average molecular weight is 415 g/mol. The molecule has 3 nitrogen and oxygen atoms in total. The van der Waals surface area contributed by atoms with Crippen molar-refractivity contribution in [2.45, 2.75) is 44.7 Å². The number of anilines is 1. The molecule has 5 heteroatoms. The van der Waals surface area contributed by atoms with Crippen LogP contribution >= 0.6 is 23.2 Å². The smallest absolute Gasteiger partial charge is 0.251 e. The molecular formula is C23H24Cl2N2O. The van der Waals surface area contributed by atoms with Gasteiger partial charge in [0.25, 0.3) is 5.91 Å². The van der Waals surface area contributed by atoms with Gasteiger partial charge in [-0.3, -0.25) is 4.79 Å². The molecule has 2 aromatic rings. The molecule has 1 amide bonds. The third-order valence-corrected chi connectivity index (χ3v) is 6.26. The number of hydrogen-bond donors (Lipinski definition) is 2. The molecule has 2 N–H and O–H groups in total. The van der Waals surface area contributed by atoms with Crippen LogP contribution in [0.25, 0.3) is 0 Å². The Morgan fingerprint density at radius 1 is 1.14 bits per heavy atom. The van der Waals surface area contributed by atoms with Crippen molar-refractivity contribution >= 4 is 34.8 Å². The number of allylic oxidation sites excluding steroid dienone is 2. The molecule has 0 spiro atoms. The number of nitrogens with one attached hydrogen (secondary N) is 2. The highest BCUT2D eigenvalue weighted by Crippen LogP contribution is 2.51. The van der Waals surface area contributed by atoms with Gasteiger partial charge >= 0.3 is 0 Å². The van der Waals surface area contributed by atoms with Gasteiger partial charge in [-0.15, -0.1) is 0 Å². The van der Waals surface area contributed by atoms with Gasteiger partial charge in [0.2, 0.25) is 0 Å². The third-order valence-electron chi connectivity index (χ3n) is 5.43. The Bertz CT molecular complexity index is 962. The van der Waals surface area contributed by atoms with Gasteiger partial charge in [0.15, 0.2) is 0 Å². The van der Waals surface area contributed by atoms with Crippen molar-refractivity contribution in [1.82, 2.24) is 5.32 Å². The fourth-order valence-corrected chi connectivity index (χ4v) is 4.64. The molecule has 1 aliphatic carbocycles. The number of fused-ring (bicyclic) bond motifs is 3. The fraction of sp³-hybridized carbons (Fsp3) is 0.348. The number of carbonyl (C=O) groups excluding carboxylic acids is 1. The first-order valence-electron chi connectivity index (χ1n) is 9.58. The highest BCUT2D eigenvalue weighted by molar-refractivity contribution is 6.42. The van der Waals surface area contributed by atoms with E-state index in [0.717, 1.165) is 23.2 Å². The topological polar surface area (TPSA) is 41.1 Å². The number of hydrogen-bond acceptors (Lipinski definition) is 2. The van der Waals surface area contributed by atoms with Crippen molar-refractivity contribution in [3.05, 3.63) is 75.3 Å². The molecule has 0 saturated heterocycles. The van der Waals surface area contributed by atoms with Crippen molar-refractivity contribution in [3.8, 4) is 0 Å². The van der Waals surface area contributed by atoms with Gasteiger partial charge in [0, 0.05) is 22.7 Å². The van der Waals surface area contributed by atoms with E-state index in [-0.39, 0.29) is 23.4 Å². The summed E-state index contributed by atoms with van der Waals surface area (Å²) in [7, 11) is 0. The minimum absolute atomic E-state index is 0.0474. The summed E-state index contributed by atoms with van der Waals surface area (Å²) in [6.45, 7) is 5.96. The van der Waals surface area contributed by atoms with E-state index < -0.39 is 0 Å². The maximum atomic E-state index is 12.6. The quantitative estimate of drug-likeness (QED) is 0.562. The molecule has 4 rings (SSSR count). The van der Waals surface area contributed by atoms with Crippen LogP contribution in [0, 0.1) is 5.92 Å². The molecular weight excluding hydrogens is 391 g/mol. The summed E-state index contributed by atoms with van der Waals surface area (Å²) in [6, 6.07) is 11.8. The van der Waals surface area contributed by atoms with Crippen LogP contribution < -0.4 is 10.6 Å². The van der Waals surface area contributed by atoms with Crippen molar-refractivity contribution < 1.29 is 4.79 Å². The second-order valence-corrected chi connectivity index (χ2v) is 9.41. The minimum atomic E-state index is -0.268. The largest absolute Gasteiger partial charge is 0.378 e. The van der Waals surface area contributed by atoms with E-state index in [1.807, 2.05) is 57.2 Å². The molecule has 3 unspecified atom stereocenters. The maximum Gasteiger partial charge on any atom is 0.251 e. The van der Waals surface area contributed by atoms with Crippen LogP contribution in [0.5, 0.6) is 0 Å². The predicted molar refractivity (Wildman–Crippen MR) is 116 cm³/mol. The lowest BCUT2D eigenvalue weighted by Gasteiger charge is -2.38. The van der Waals surface area contributed by atoms with Gasteiger partial charge in [0.05, 0.1) is 16.1 Å². The fourth-order valence-electron chi connectivity index (χ4n) is 4.22. The molecule has 3 atom stereocenters. The van der Waals surface area contributed by atoms with Crippen LogP contribution in [0.2, 0.25) is 10.0 Å². The highest BCUT2D eigenvalue weighted by atomic mass is 35.5. The first kappa shape index (κ1) is 19.4. The van der Waals surface area contributed by atoms with Crippen LogP contribution in [-0.2, 0) is 0 Å². The first-order chi connectivity index (χ1) is 13.2. The van der Waals surface area contributed by atoms with Crippen LogP contribution in [0.4, 0.5) is 5.69 Å². The molecule has 2 aliphatic rings. The molecule has 0 bridgehead atoms. The van der Waals surface area contributed by atoms with Crippen molar-refractivity contribution in [1.29, 1.82) is 0 Å². The van der Waals surface area contributed by atoms with Gasteiger partial charge < -0.3 is 10.6 Å². The Balaban J connectivity index is 1.71.